The van der Waals surface area contributed by atoms with Crippen molar-refractivity contribution >= 4 is 33.5 Å². The van der Waals surface area contributed by atoms with E-state index in [4.69, 9.17) is 10.5 Å². The Labute approximate surface area is 157 Å². The molecule has 3 heterocycles. The second-order valence-corrected chi connectivity index (χ2v) is 7.14. The van der Waals surface area contributed by atoms with Gasteiger partial charge in [-0.1, -0.05) is 13.3 Å². The van der Waals surface area contributed by atoms with Gasteiger partial charge in [-0.15, -0.1) is 0 Å². The predicted octanol–water partition coefficient (Wildman–Crippen LogP) is 4.14. The zero-order chi connectivity index (χ0) is 18.4. The molecule has 0 aliphatic heterocycles. The van der Waals surface area contributed by atoms with Crippen LogP contribution < -0.4 is 15.8 Å². The van der Waals surface area contributed by atoms with Crippen molar-refractivity contribution < 1.29 is 4.74 Å². The number of nitrogens with two attached hydrogens (primary N) is 1. The first kappa shape index (κ1) is 18.6. The predicted molar refractivity (Wildman–Crippen MR) is 106 cm³/mol. The molecule has 0 aromatic carbocycles. The summed E-state index contributed by atoms with van der Waals surface area (Å²) >= 11 is 1.40. The van der Waals surface area contributed by atoms with Crippen LogP contribution in [0.3, 0.4) is 0 Å². The number of ether oxygens (including phenoxy) is 1. The molecule has 0 unspecified atom stereocenters. The third kappa shape index (κ3) is 4.70. The van der Waals surface area contributed by atoms with Gasteiger partial charge in [0.05, 0.1) is 11.2 Å². The molecule has 140 valence electrons. The van der Waals surface area contributed by atoms with Gasteiger partial charge in [-0.05, 0) is 62.8 Å². The lowest BCUT2D eigenvalue weighted by Crippen LogP contribution is -2.20. The summed E-state index contributed by atoms with van der Waals surface area (Å²) in [5.74, 6) is 1.18. The van der Waals surface area contributed by atoms with Crippen LogP contribution in [0.5, 0.6) is 5.88 Å². The molecule has 1 aliphatic carbocycles. The Hall–Kier alpha value is -2.19. The first-order valence-electron chi connectivity index (χ1n) is 9.11. The number of aromatic nitrogens is 4. The first-order valence-corrected chi connectivity index (χ1v) is 9.89. The van der Waals surface area contributed by atoms with Crippen molar-refractivity contribution in [2.24, 2.45) is 5.73 Å². The summed E-state index contributed by atoms with van der Waals surface area (Å²) < 4.78 is 10.4. The van der Waals surface area contributed by atoms with Crippen LogP contribution in [-0.2, 0) is 0 Å². The van der Waals surface area contributed by atoms with Crippen molar-refractivity contribution in [2.75, 3.05) is 11.9 Å². The second kappa shape index (κ2) is 8.95. The van der Waals surface area contributed by atoms with Crippen molar-refractivity contribution in [3.05, 3.63) is 24.0 Å². The van der Waals surface area contributed by atoms with Crippen LogP contribution in [0, 0.1) is 6.92 Å². The topological polar surface area (TPSA) is 102 Å². The van der Waals surface area contributed by atoms with Gasteiger partial charge in [-0.2, -0.15) is 9.36 Å². The van der Waals surface area contributed by atoms with Crippen molar-refractivity contribution in [3.8, 4) is 5.88 Å². The zero-order valence-corrected chi connectivity index (χ0v) is 16.1. The molecule has 3 aromatic rings. The average molecular weight is 375 g/mol. The maximum atomic E-state index is 6.18. The van der Waals surface area contributed by atoms with Crippen LogP contribution >= 0.6 is 11.5 Å². The fraction of sp³-hybridized carbons (Fsp3) is 0.500. The van der Waals surface area contributed by atoms with E-state index in [2.05, 4.69) is 24.6 Å². The van der Waals surface area contributed by atoms with Crippen LogP contribution in [0.2, 0.25) is 0 Å². The summed E-state index contributed by atoms with van der Waals surface area (Å²) in [7, 11) is 0. The molecule has 1 saturated carbocycles. The molecule has 4 N–H and O–H groups in total. The van der Waals surface area contributed by atoms with E-state index >= 15 is 0 Å². The van der Waals surface area contributed by atoms with Crippen molar-refractivity contribution in [1.29, 1.82) is 0 Å². The molecule has 1 fully saturated rings. The maximum Gasteiger partial charge on any atom is 0.243 e. The van der Waals surface area contributed by atoms with Crippen LogP contribution in [0.25, 0.3) is 11.0 Å². The van der Waals surface area contributed by atoms with Gasteiger partial charge in [0.2, 0.25) is 11.8 Å². The van der Waals surface area contributed by atoms with Crippen LogP contribution in [-0.4, -0.2) is 32.0 Å². The third-order valence-corrected chi connectivity index (χ3v) is 4.86. The Morgan fingerprint density at radius 1 is 1.31 bits per heavy atom. The summed E-state index contributed by atoms with van der Waals surface area (Å²) in [6, 6.07) is 3.92. The molecule has 0 atom stereocenters. The normalized spacial score (nSPS) is 14.7. The van der Waals surface area contributed by atoms with Crippen molar-refractivity contribution in [3.63, 3.8) is 0 Å². The van der Waals surface area contributed by atoms with E-state index in [-0.39, 0.29) is 6.10 Å². The molecule has 0 amide bonds. The fourth-order valence-electron chi connectivity index (χ4n) is 2.93. The molecule has 26 heavy (non-hydrogen) atoms. The number of H-pyrrole nitrogens is 1. The van der Waals surface area contributed by atoms with E-state index in [1.165, 1.54) is 30.8 Å². The molecule has 0 bridgehead atoms. The molecular formula is C18H26N6OS. The lowest BCUT2D eigenvalue weighted by Gasteiger charge is -2.22. The lowest BCUT2D eigenvalue weighted by molar-refractivity contribution is 0.150. The van der Waals surface area contributed by atoms with Crippen molar-refractivity contribution in [1.82, 2.24) is 19.3 Å². The number of aryl methyl sites for hydroxylation is 1. The lowest BCUT2D eigenvalue weighted by atomic mass is 9.98. The average Bonchev–Trinajstić information content (AvgIpc) is 3.25. The van der Waals surface area contributed by atoms with E-state index in [0.717, 1.165) is 41.1 Å². The minimum absolute atomic E-state index is 0.253. The Kier molecular flexibility index (Phi) is 6.40. The number of anilines is 2. The summed E-state index contributed by atoms with van der Waals surface area (Å²) in [4.78, 5) is 12.3. The molecule has 8 heteroatoms. The van der Waals surface area contributed by atoms with Crippen LogP contribution in [0.4, 0.5) is 10.9 Å². The number of hydrogen-bond donors (Lipinski definition) is 3. The molecular weight excluding hydrogens is 348 g/mol. The number of rotatable bonds is 4. The largest absolute Gasteiger partial charge is 0.473 e. The van der Waals surface area contributed by atoms with E-state index in [1.807, 2.05) is 32.2 Å². The summed E-state index contributed by atoms with van der Waals surface area (Å²) in [5.41, 5.74) is 7.55. The standard InChI is InChI=1S/C16H19N5OS.C2H7N/c1-10-9-13(23-21-10)19-16-18-12-7-8-17-14(12)15(20-16)22-11-5-3-2-4-6-11;1-2-3/h7-9,11,17H,2-6H2,1H3,(H,18,19,20);2-3H2,1H3. The van der Waals surface area contributed by atoms with Crippen LogP contribution in [0.15, 0.2) is 18.3 Å². The summed E-state index contributed by atoms with van der Waals surface area (Å²) in [6.07, 6.45) is 8.09. The Morgan fingerprint density at radius 3 is 2.77 bits per heavy atom. The number of fused-ring (bicyclic) bond motifs is 1. The molecule has 7 nitrogen and oxygen atoms in total. The van der Waals surface area contributed by atoms with E-state index < -0.39 is 0 Å². The number of aromatic amines is 1. The molecule has 4 rings (SSSR count). The van der Waals surface area contributed by atoms with Gasteiger partial charge in [0, 0.05) is 6.20 Å². The molecule has 0 spiro atoms. The second-order valence-electron chi connectivity index (χ2n) is 6.33. The highest BCUT2D eigenvalue weighted by Crippen LogP contribution is 2.29. The van der Waals surface area contributed by atoms with Crippen LogP contribution in [0.1, 0.15) is 44.7 Å². The van der Waals surface area contributed by atoms with Gasteiger partial charge in [0.25, 0.3) is 0 Å². The highest BCUT2D eigenvalue weighted by Gasteiger charge is 2.18. The van der Waals surface area contributed by atoms with Gasteiger partial charge >= 0.3 is 0 Å². The van der Waals surface area contributed by atoms with Crippen molar-refractivity contribution in [2.45, 2.75) is 52.1 Å². The first-order chi connectivity index (χ1) is 12.7. The number of nitrogens with zero attached hydrogens (tertiary/aromatic N) is 3. The van der Waals surface area contributed by atoms with Gasteiger partial charge in [0.1, 0.15) is 16.6 Å². The van der Waals surface area contributed by atoms with E-state index in [0.29, 0.717) is 11.8 Å². The van der Waals surface area contributed by atoms with Gasteiger partial charge < -0.3 is 20.8 Å². The smallest absolute Gasteiger partial charge is 0.243 e. The highest BCUT2D eigenvalue weighted by molar-refractivity contribution is 7.10. The SMILES string of the molecule is CCN.Cc1cc(Nc2nc(OC3CCCCC3)c3[nH]ccc3n2)sn1. The third-order valence-electron chi connectivity index (χ3n) is 4.07. The maximum absolute atomic E-state index is 6.18. The Bertz CT molecular complexity index is 824. The minimum atomic E-state index is 0.253. The van der Waals surface area contributed by atoms with E-state index in [1.54, 1.807) is 0 Å². The highest BCUT2D eigenvalue weighted by atomic mass is 32.1. The fourth-order valence-corrected chi connectivity index (χ4v) is 3.59. The minimum Gasteiger partial charge on any atom is -0.473 e. The van der Waals surface area contributed by atoms with E-state index in [9.17, 15) is 0 Å². The molecule has 1 aliphatic rings. The van der Waals surface area contributed by atoms with Gasteiger partial charge in [-0.25, -0.2) is 4.98 Å². The Morgan fingerprint density at radius 2 is 2.08 bits per heavy atom. The quantitative estimate of drug-likeness (QED) is 0.634. The Balaban J connectivity index is 0.000000613. The zero-order valence-electron chi connectivity index (χ0n) is 15.3. The molecule has 0 radical (unpaired) electrons. The number of nitrogens with one attached hydrogen (secondary N) is 2. The monoisotopic (exact) mass is 374 g/mol. The molecule has 0 saturated heterocycles. The van der Waals surface area contributed by atoms with Gasteiger partial charge in [-0.3, -0.25) is 0 Å². The summed E-state index contributed by atoms with van der Waals surface area (Å²) in [5, 5.41) is 4.16. The molecule has 3 aromatic heterocycles. The number of hydrogen-bond acceptors (Lipinski definition) is 7. The summed E-state index contributed by atoms with van der Waals surface area (Å²) in [6.45, 7) is 4.62. The van der Waals surface area contributed by atoms with Gasteiger partial charge in [0.15, 0.2) is 0 Å².